The molecule has 53 heavy (non-hydrogen) atoms. The van der Waals surface area contributed by atoms with Gasteiger partial charge in [-0.1, -0.05) is 51.6 Å². The number of amides is 1. The maximum Gasteiger partial charge on any atom is 0.303 e. The maximum atomic E-state index is 13.1. The Kier molecular flexibility index (Phi) is 19.9. The molecule has 0 bridgehead atoms. The molecule has 304 valence electrons. The van der Waals surface area contributed by atoms with Crippen molar-refractivity contribution in [1.82, 2.24) is 10.2 Å². The van der Waals surface area contributed by atoms with Gasteiger partial charge in [-0.2, -0.15) is 8.42 Å². The number of nitrogens with zero attached hydrogens (tertiary/aromatic N) is 1. The van der Waals surface area contributed by atoms with Crippen molar-refractivity contribution in [3.8, 4) is 11.5 Å². The molecule has 3 N–H and O–H groups in total. The molecular weight excluding hydrogens is 707 g/mol. The van der Waals surface area contributed by atoms with E-state index in [1.165, 1.54) is 19.2 Å². The average molecular weight is 773 g/mol. The number of hydrogen-bond donors (Lipinski definition) is 3. The summed E-state index contributed by atoms with van der Waals surface area (Å²) in [7, 11) is -3.28. The fraction of sp³-hybridized carbons (Fsp3) is 0.625. The Morgan fingerprint density at radius 1 is 0.868 bits per heavy atom. The first kappa shape index (κ1) is 49.9. The summed E-state index contributed by atoms with van der Waals surface area (Å²) in [5, 5.41) is 20.4. The van der Waals surface area contributed by atoms with Crippen molar-refractivity contribution in [1.29, 1.82) is 0 Å². The minimum absolute atomic E-state index is 0.0779. The van der Waals surface area contributed by atoms with Gasteiger partial charge in [-0.15, -0.1) is 0 Å². The second-order valence-electron chi connectivity index (χ2n) is 16.6. The largest absolute Gasteiger partial charge is 0.493 e. The minimum atomic E-state index is -3.28. The van der Waals surface area contributed by atoms with E-state index in [1.54, 1.807) is 32.9 Å². The van der Waals surface area contributed by atoms with Crippen molar-refractivity contribution in [3.63, 3.8) is 0 Å². The third-order valence-electron chi connectivity index (χ3n) is 7.16. The van der Waals surface area contributed by atoms with Crippen LogP contribution in [0.25, 0.3) is 0 Å². The smallest absolute Gasteiger partial charge is 0.303 e. The van der Waals surface area contributed by atoms with Crippen LogP contribution in [0.1, 0.15) is 94.2 Å². The zero-order valence-corrected chi connectivity index (χ0v) is 35.0. The third-order valence-corrected chi connectivity index (χ3v) is 7.96. The number of halogens is 2. The van der Waals surface area contributed by atoms with Gasteiger partial charge in [-0.25, -0.2) is 8.78 Å². The molecule has 3 rings (SSSR count). The summed E-state index contributed by atoms with van der Waals surface area (Å²) in [6.45, 7) is 28.0. The summed E-state index contributed by atoms with van der Waals surface area (Å²) in [4.78, 5) is 13.0. The second-order valence-corrected chi connectivity index (χ2v) is 18.2. The second kappa shape index (κ2) is 21.1. The van der Waals surface area contributed by atoms with Crippen molar-refractivity contribution in [2.45, 2.75) is 111 Å². The SMILES string of the molecule is C=CC(=O)NC(C)(C)C.CC(C)(C)N1CC1.CC(C)(C)OS(C)(=O)=O.CC(CO)COc1ccc(C(C)(C)c2ccc(OCC(F)(F)CO)cc2)cc1. The van der Waals surface area contributed by atoms with Crippen molar-refractivity contribution < 1.29 is 45.9 Å². The van der Waals surface area contributed by atoms with Crippen molar-refractivity contribution >= 4 is 16.0 Å². The Bertz CT molecular complexity index is 1470. The molecule has 0 saturated carbocycles. The van der Waals surface area contributed by atoms with Gasteiger partial charge in [0.25, 0.3) is 10.1 Å². The number of hydrogen-bond acceptors (Lipinski definition) is 9. The highest BCUT2D eigenvalue weighted by molar-refractivity contribution is 7.86. The van der Waals surface area contributed by atoms with Crippen LogP contribution in [0.15, 0.2) is 61.2 Å². The van der Waals surface area contributed by atoms with Crippen LogP contribution in [0, 0.1) is 5.92 Å². The van der Waals surface area contributed by atoms with Gasteiger partial charge in [-0.05, 0) is 104 Å². The molecule has 1 unspecified atom stereocenters. The highest BCUT2D eigenvalue weighted by Gasteiger charge is 2.30. The van der Waals surface area contributed by atoms with Crippen LogP contribution in [0.3, 0.4) is 0 Å². The highest BCUT2D eigenvalue weighted by Crippen LogP contribution is 2.33. The summed E-state index contributed by atoms with van der Waals surface area (Å²) >= 11 is 0. The number of carbonyl (C=O) groups excluding carboxylic acids is 1. The van der Waals surface area contributed by atoms with Crippen LogP contribution < -0.4 is 14.8 Å². The number of benzene rings is 2. The van der Waals surface area contributed by atoms with Crippen molar-refractivity contribution in [2.75, 3.05) is 45.8 Å². The molecule has 1 heterocycles. The van der Waals surface area contributed by atoms with Crippen LogP contribution in [0.5, 0.6) is 11.5 Å². The van der Waals surface area contributed by atoms with E-state index in [9.17, 15) is 22.0 Å². The predicted molar refractivity (Wildman–Crippen MR) is 209 cm³/mol. The van der Waals surface area contributed by atoms with E-state index < -0.39 is 34.9 Å². The summed E-state index contributed by atoms with van der Waals surface area (Å²) in [5.74, 6) is -2.23. The molecule has 1 atom stereocenters. The molecule has 1 saturated heterocycles. The number of nitrogens with one attached hydrogen (secondary N) is 1. The molecule has 13 heteroatoms. The monoisotopic (exact) mass is 772 g/mol. The fourth-order valence-electron chi connectivity index (χ4n) is 4.22. The molecule has 0 aromatic heterocycles. The molecular formula is C40H66F2N2O8S. The van der Waals surface area contributed by atoms with Gasteiger partial charge in [-0.3, -0.25) is 13.9 Å². The van der Waals surface area contributed by atoms with E-state index in [1.807, 2.05) is 64.1 Å². The predicted octanol–water partition coefficient (Wildman–Crippen LogP) is 6.97. The lowest BCUT2D eigenvalue weighted by atomic mass is 9.78. The molecule has 1 amide bonds. The number of ether oxygens (including phenoxy) is 2. The quantitative estimate of drug-likeness (QED) is 0.119. The van der Waals surface area contributed by atoms with Crippen LogP contribution >= 0.6 is 0 Å². The number of aliphatic hydroxyl groups is 2. The van der Waals surface area contributed by atoms with Gasteiger partial charge in [0.2, 0.25) is 5.91 Å². The first-order valence-corrected chi connectivity index (χ1v) is 19.4. The number of alkyl halides is 2. The first-order chi connectivity index (χ1) is 23.9. The van der Waals surface area contributed by atoms with Crippen LogP contribution in [0.2, 0.25) is 0 Å². The number of carbonyl (C=O) groups is 1. The topological polar surface area (TPSA) is 134 Å². The minimum Gasteiger partial charge on any atom is -0.493 e. The Balaban J connectivity index is 0.000000871. The molecule has 0 aliphatic carbocycles. The lowest BCUT2D eigenvalue weighted by Crippen LogP contribution is -2.39. The third kappa shape index (κ3) is 24.0. The van der Waals surface area contributed by atoms with Crippen LogP contribution in [-0.4, -0.2) is 97.8 Å². The lowest BCUT2D eigenvalue weighted by Gasteiger charge is -2.26. The standard InChI is InChI=1S/C22H28F2O4.C7H13NO.C6H13N.C5H12O3S/c1-16(12-25)13-27-19-8-4-17(5-9-19)21(2,3)18-6-10-20(11-7-18)28-15-22(23,24)14-26;1-5-6(9)8-7(2,3)4;1-6(2,3)7-4-5-7;1-5(2,3)8-9(4,6)7/h4-11,16,25-26H,12-15H2,1-3H3;5H,1H2,2-4H3,(H,8,9);4-5H2,1-3H3;1-4H3. The van der Waals surface area contributed by atoms with E-state index in [4.69, 9.17) is 19.7 Å². The molecule has 10 nitrogen and oxygen atoms in total. The highest BCUT2D eigenvalue weighted by atomic mass is 32.2. The van der Waals surface area contributed by atoms with E-state index in [0.29, 0.717) is 17.9 Å². The molecule has 0 spiro atoms. The van der Waals surface area contributed by atoms with E-state index >= 15 is 0 Å². The molecule has 2 aromatic rings. The van der Waals surface area contributed by atoms with Gasteiger partial charge in [0, 0.05) is 42.1 Å². The Labute approximate surface area is 318 Å². The van der Waals surface area contributed by atoms with Gasteiger partial charge < -0.3 is 25.0 Å². The van der Waals surface area contributed by atoms with Crippen LogP contribution in [0.4, 0.5) is 8.78 Å². The molecule has 1 fully saturated rings. The van der Waals surface area contributed by atoms with E-state index in [-0.39, 0.29) is 29.4 Å². The summed E-state index contributed by atoms with van der Waals surface area (Å²) in [6.07, 6.45) is 2.31. The van der Waals surface area contributed by atoms with Gasteiger partial charge in [0.05, 0.1) is 18.5 Å². The zero-order valence-electron chi connectivity index (χ0n) is 34.2. The number of rotatable bonds is 12. The average Bonchev–Trinajstić information content (AvgIpc) is 3.88. The molecule has 1 aliphatic rings. The molecule has 1 aliphatic heterocycles. The van der Waals surface area contributed by atoms with Gasteiger partial charge >= 0.3 is 5.92 Å². The summed E-state index contributed by atoms with van der Waals surface area (Å²) < 4.78 is 62.3. The van der Waals surface area contributed by atoms with E-state index in [0.717, 1.165) is 23.1 Å². The maximum absolute atomic E-state index is 13.1. The van der Waals surface area contributed by atoms with Gasteiger partial charge in [0.15, 0.2) is 6.61 Å². The Morgan fingerprint density at radius 2 is 1.30 bits per heavy atom. The first-order valence-electron chi connectivity index (χ1n) is 17.6. The molecule has 0 radical (unpaired) electrons. The normalized spacial score (nSPS) is 14.1. The zero-order chi connectivity index (χ0) is 41.5. The Hall–Kier alpha value is -3.10. The van der Waals surface area contributed by atoms with Crippen LogP contribution in [-0.2, 0) is 24.5 Å². The number of aliphatic hydroxyl groups excluding tert-OH is 2. The van der Waals surface area contributed by atoms with E-state index in [2.05, 4.69) is 55.6 Å². The Morgan fingerprint density at radius 3 is 1.55 bits per heavy atom. The van der Waals surface area contributed by atoms with Crippen molar-refractivity contribution in [2.24, 2.45) is 5.92 Å². The summed E-state index contributed by atoms with van der Waals surface area (Å²) in [6, 6.07) is 14.8. The molecule has 2 aromatic carbocycles. The fourth-order valence-corrected chi connectivity index (χ4v) is 5.13. The van der Waals surface area contributed by atoms with Gasteiger partial charge in [0.1, 0.15) is 18.1 Å². The summed E-state index contributed by atoms with van der Waals surface area (Å²) in [5.41, 5.74) is 1.48. The van der Waals surface area contributed by atoms with Crippen molar-refractivity contribution in [3.05, 3.63) is 72.3 Å². The lowest BCUT2D eigenvalue weighted by molar-refractivity contribution is -0.117.